The van der Waals surface area contributed by atoms with E-state index in [2.05, 4.69) is 29.3 Å². The highest BCUT2D eigenvalue weighted by Gasteiger charge is 2.37. The molecule has 0 bridgehead atoms. The third kappa shape index (κ3) is 4.05. The molecule has 23 heavy (non-hydrogen) atoms. The van der Waals surface area contributed by atoms with Gasteiger partial charge in [-0.15, -0.1) is 0 Å². The Morgan fingerprint density at radius 2 is 2.00 bits per heavy atom. The van der Waals surface area contributed by atoms with E-state index in [9.17, 15) is 4.79 Å². The molecule has 2 atom stereocenters. The van der Waals surface area contributed by atoms with Gasteiger partial charge in [-0.2, -0.15) is 0 Å². The van der Waals surface area contributed by atoms with Crippen molar-refractivity contribution in [1.82, 2.24) is 10.2 Å². The molecular weight excluding hydrogens is 288 g/mol. The van der Waals surface area contributed by atoms with Crippen LogP contribution in [0.4, 0.5) is 0 Å². The zero-order valence-electron chi connectivity index (χ0n) is 14.3. The van der Waals surface area contributed by atoms with Gasteiger partial charge in [0, 0.05) is 31.6 Å². The van der Waals surface area contributed by atoms with Gasteiger partial charge >= 0.3 is 0 Å². The lowest BCUT2D eigenvalue weighted by Crippen LogP contribution is -2.51. The van der Waals surface area contributed by atoms with Crippen molar-refractivity contribution in [2.45, 2.75) is 45.2 Å². The number of rotatable bonds is 6. The van der Waals surface area contributed by atoms with Crippen molar-refractivity contribution < 1.29 is 9.53 Å². The Morgan fingerprint density at radius 1 is 1.26 bits per heavy atom. The van der Waals surface area contributed by atoms with E-state index >= 15 is 0 Å². The first-order chi connectivity index (χ1) is 11.2. The summed E-state index contributed by atoms with van der Waals surface area (Å²) in [5.74, 6) is 2.20. The molecule has 1 heterocycles. The van der Waals surface area contributed by atoms with Crippen LogP contribution < -0.4 is 10.1 Å². The molecular formula is C19H28N2O2. The van der Waals surface area contributed by atoms with Gasteiger partial charge < -0.3 is 15.0 Å². The SMILES string of the molecule is CC[C@@H]1CN(C(=O)C2CC2)CC[C@@H]1NCc1ccc(OC)cc1. The molecule has 2 aliphatic rings. The zero-order valence-corrected chi connectivity index (χ0v) is 14.3. The van der Waals surface area contributed by atoms with E-state index in [1.807, 2.05) is 12.1 Å². The van der Waals surface area contributed by atoms with Crippen LogP contribution in [-0.4, -0.2) is 37.0 Å². The Bertz CT molecular complexity index is 525. The predicted octanol–water partition coefficient (Wildman–Crippen LogP) is 2.82. The average Bonchev–Trinajstić information content (AvgIpc) is 3.44. The Labute approximate surface area is 139 Å². The molecule has 1 aromatic carbocycles. The second-order valence-corrected chi connectivity index (χ2v) is 6.85. The zero-order chi connectivity index (χ0) is 16.2. The summed E-state index contributed by atoms with van der Waals surface area (Å²) in [5, 5.41) is 3.70. The fourth-order valence-electron chi connectivity index (χ4n) is 3.50. The molecule has 1 aromatic rings. The summed E-state index contributed by atoms with van der Waals surface area (Å²) in [6.07, 6.45) is 4.39. The van der Waals surface area contributed by atoms with E-state index in [1.54, 1.807) is 7.11 Å². The van der Waals surface area contributed by atoms with Gasteiger partial charge in [0.1, 0.15) is 5.75 Å². The van der Waals surface area contributed by atoms with E-state index in [0.29, 0.717) is 23.8 Å². The summed E-state index contributed by atoms with van der Waals surface area (Å²) in [5.41, 5.74) is 1.28. The largest absolute Gasteiger partial charge is 0.497 e. The van der Waals surface area contributed by atoms with Crippen LogP contribution in [0.5, 0.6) is 5.75 Å². The second-order valence-electron chi connectivity index (χ2n) is 6.85. The number of amides is 1. The van der Waals surface area contributed by atoms with E-state index < -0.39 is 0 Å². The number of nitrogens with zero attached hydrogens (tertiary/aromatic N) is 1. The van der Waals surface area contributed by atoms with Crippen LogP contribution >= 0.6 is 0 Å². The normalized spacial score (nSPS) is 24.5. The van der Waals surface area contributed by atoms with E-state index in [1.165, 1.54) is 5.56 Å². The van der Waals surface area contributed by atoms with E-state index in [4.69, 9.17) is 4.74 Å². The fourth-order valence-corrected chi connectivity index (χ4v) is 3.50. The molecule has 1 saturated heterocycles. The van der Waals surface area contributed by atoms with Crippen LogP contribution in [0.25, 0.3) is 0 Å². The van der Waals surface area contributed by atoms with Gasteiger partial charge in [-0.25, -0.2) is 0 Å². The van der Waals surface area contributed by atoms with Gasteiger partial charge in [0.15, 0.2) is 0 Å². The summed E-state index contributed by atoms with van der Waals surface area (Å²) in [6.45, 7) is 4.94. The predicted molar refractivity (Wildman–Crippen MR) is 91.3 cm³/mol. The van der Waals surface area contributed by atoms with Crippen LogP contribution in [0.2, 0.25) is 0 Å². The maximum absolute atomic E-state index is 12.3. The Balaban J connectivity index is 1.52. The maximum atomic E-state index is 12.3. The van der Waals surface area contributed by atoms with Gasteiger partial charge in [-0.1, -0.05) is 25.5 Å². The minimum Gasteiger partial charge on any atom is -0.497 e. The highest BCUT2D eigenvalue weighted by atomic mass is 16.5. The number of piperidine rings is 1. The Morgan fingerprint density at radius 3 is 2.61 bits per heavy atom. The molecule has 126 valence electrons. The molecule has 1 saturated carbocycles. The van der Waals surface area contributed by atoms with Crippen molar-refractivity contribution in [3.8, 4) is 5.75 Å². The van der Waals surface area contributed by atoms with Crippen LogP contribution in [0.15, 0.2) is 24.3 Å². The van der Waals surface area contributed by atoms with Crippen molar-refractivity contribution in [2.24, 2.45) is 11.8 Å². The third-order valence-electron chi connectivity index (χ3n) is 5.22. The highest BCUT2D eigenvalue weighted by Crippen LogP contribution is 2.33. The number of nitrogens with one attached hydrogen (secondary N) is 1. The number of carbonyl (C=O) groups is 1. The molecule has 0 unspecified atom stereocenters. The lowest BCUT2D eigenvalue weighted by molar-refractivity contribution is -0.134. The molecule has 4 heteroatoms. The van der Waals surface area contributed by atoms with Crippen molar-refractivity contribution in [3.05, 3.63) is 29.8 Å². The number of likely N-dealkylation sites (tertiary alicyclic amines) is 1. The van der Waals surface area contributed by atoms with Crippen molar-refractivity contribution >= 4 is 5.91 Å². The first-order valence-electron chi connectivity index (χ1n) is 8.86. The molecule has 2 fully saturated rings. The molecule has 1 amide bonds. The standard InChI is InChI=1S/C19H28N2O2/c1-3-15-13-21(19(22)16-6-7-16)11-10-18(15)20-12-14-4-8-17(23-2)9-5-14/h4-5,8-9,15-16,18,20H,3,6-7,10-13H2,1-2H3/t15-,18+/m1/s1. The number of carbonyl (C=O) groups excluding carboxylic acids is 1. The van der Waals surface area contributed by atoms with Crippen LogP contribution in [0.3, 0.4) is 0 Å². The van der Waals surface area contributed by atoms with Crippen molar-refractivity contribution in [1.29, 1.82) is 0 Å². The van der Waals surface area contributed by atoms with Gasteiger partial charge in [0.05, 0.1) is 7.11 Å². The minimum atomic E-state index is 0.344. The van der Waals surface area contributed by atoms with Gasteiger partial charge in [-0.05, 0) is 42.9 Å². The molecule has 1 aliphatic heterocycles. The molecule has 1 N–H and O–H groups in total. The minimum absolute atomic E-state index is 0.344. The second kappa shape index (κ2) is 7.35. The summed E-state index contributed by atoms with van der Waals surface area (Å²) in [6, 6.07) is 8.73. The Kier molecular flexibility index (Phi) is 5.21. The third-order valence-corrected chi connectivity index (χ3v) is 5.22. The lowest BCUT2D eigenvalue weighted by Gasteiger charge is -2.39. The highest BCUT2D eigenvalue weighted by molar-refractivity contribution is 5.81. The van der Waals surface area contributed by atoms with Gasteiger partial charge in [-0.3, -0.25) is 4.79 Å². The number of methoxy groups -OCH3 is 1. The molecule has 0 aromatic heterocycles. The number of ether oxygens (including phenoxy) is 1. The molecule has 4 nitrogen and oxygen atoms in total. The van der Waals surface area contributed by atoms with Gasteiger partial charge in [0.25, 0.3) is 0 Å². The summed E-state index contributed by atoms with van der Waals surface area (Å²) >= 11 is 0. The smallest absolute Gasteiger partial charge is 0.225 e. The van der Waals surface area contributed by atoms with Crippen LogP contribution in [0.1, 0.15) is 38.2 Å². The number of benzene rings is 1. The average molecular weight is 316 g/mol. The van der Waals surface area contributed by atoms with Crippen molar-refractivity contribution in [2.75, 3.05) is 20.2 Å². The van der Waals surface area contributed by atoms with E-state index in [0.717, 1.165) is 51.1 Å². The summed E-state index contributed by atoms with van der Waals surface area (Å²) < 4.78 is 5.20. The summed E-state index contributed by atoms with van der Waals surface area (Å²) in [7, 11) is 1.69. The first-order valence-corrected chi connectivity index (χ1v) is 8.86. The Hall–Kier alpha value is -1.55. The fraction of sp³-hybridized carbons (Fsp3) is 0.632. The molecule has 0 radical (unpaired) electrons. The van der Waals surface area contributed by atoms with Crippen molar-refractivity contribution in [3.63, 3.8) is 0 Å². The van der Waals surface area contributed by atoms with E-state index in [-0.39, 0.29) is 0 Å². The first kappa shape index (κ1) is 16.3. The van der Waals surface area contributed by atoms with Gasteiger partial charge in [0.2, 0.25) is 5.91 Å². The monoisotopic (exact) mass is 316 g/mol. The van der Waals surface area contributed by atoms with Crippen LogP contribution in [0, 0.1) is 11.8 Å². The molecule has 0 spiro atoms. The number of hydrogen-bond acceptors (Lipinski definition) is 3. The molecule has 3 rings (SSSR count). The number of hydrogen-bond donors (Lipinski definition) is 1. The summed E-state index contributed by atoms with van der Waals surface area (Å²) in [4.78, 5) is 14.4. The lowest BCUT2D eigenvalue weighted by atomic mass is 9.89. The molecule has 1 aliphatic carbocycles. The quantitative estimate of drug-likeness (QED) is 0.877. The topological polar surface area (TPSA) is 41.6 Å². The maximum Gasteiger partial charge on any atom is 0.225 e. The van der Waals surface area contributed by atoms with Crippen LogP contribution in [-0.2, 0) is 11.3 Å².